The Balaban J connectivity index is 1.48. The first-order chi connectivity index (χ1) is 12.8. The summed E-state index contributed by atoms with van der Waals surface area (Å²) in [6.45, 7) is 1.24. The molecule has 0 aliphatic carbocycles. The first kappa shape index (κ1) is 16.5. The van der Waals surface area contributed by atoms with Crippen molar-refractivity contribution in [2.45, 2.75) is 18.6 Å². The molecule has 2 N–H and O–H groups in total. The zero-order valence-corrected chi connectivity index (χ0v) is 14.4. The molecule has 3 aromatic heterocycles. The van der Waals surface area contributed by atoms with Crippen LogP contribution in [0.2, 0.25) is 0 Å². The highest BCUT2D eigenvalue weighted by Gasteiger charge is 2.33. The molecule has 0 unspecified atom stereocenters. The van der Waals surface area contributed by atoms with Crippen LogP contribution >= 0.6 is 0 Å². The monoisotopic (exact) mass is 352 g/mol. The van der Waals surface area contributed by atoms with Crippen LogP contribution in [0, 0.1) is 0 Å². The lowest BCUT2D eigenvalue weighted by molar-refractivity contribution is 0.0948. The fraction of sp³-hybridized carbons (Fsp3) is 0.333. The maximum Gasteiger partial charge on any atom is 0.255 e. The highest BCUT2D eigenvalue weighted by Crippen LogP contribution is 2.25. The number of carbonyl (C=O) groups excluding carboxylic acids is 1. The van der Waals surface area contributed by atoms with Crippen LogP contribution in [0.5, 0.6) is 0 Å². The quantitative estimate of drug-likeness (QED) is 0.720. The van der Waals surface area contributed by atoms with Gasteiger partial charge in [-0.15, -0.1) is 0 Å². The van der Waals surface area contributed by atoms with Crippen molar-refractivity contribution in [1.29, 1.82) is 0 Å². The van der Waals surface area contributed by atoms with E-state index in [1.165, 1.54) is 6.33 Å². The predicted molar refractivity (Wildman–Crippen MR) is 97.0 cm³/mol. The van der Waals surface area contributed by atoms with Crippen LogP contribution in [-0.2, 0) is 4.74 Å². The molecule has 0 aromatic carbocycles. The van der Waals surface area contributed by atoms with E-state index in [2.05, 4.69) is 30.2 Å². The topological polar surface area (TPSA) is 96.0 Å². The lowest BCUT2D eigenvalue weighted by atomic mass is 10.2. The van der Waals surface area contributed by atoms with Gasteiger partial charge >= 0.3 is 0 Å². The number of hydrogen-bond donors (Lipinski definition) is 2. The summed E-state index contributed by atoms with van der Waals surface area (Å²) in [6.07, 6.45) is 7.57. The summed E-state index contributed by atoms with van der Waals surface area (Å²) in [6, 6.07) is 5.72. The van der Waals surface area contributed by atoms with Crippen molar-refractivity contribution in [3.05, 3.63) is 48.7 Å². The van der Waals surface area contributed by atoms with Crippen LogP contribution in [-0.4, -0.2) is 58.2 Å². The Hall–Kier alpha value is -3.00. The van der Waals surface area contributed by atoms with Gasteiger partial charge in [0.25, 0.3) is 5.91 Å². The number of nitrogens with zero attached hydrogens (tertiary/aromatic N) is 4. The number of methoxy groups -OCH3 is 1. The molecule has 0 spiro atoms. The SMILES string of the molecule is CO[C@@H]1C[C@H](CNC(=O)c2c[nH]c3cccnc23)N(c2ccncn2)C1. The van der Waals surface area contributed by atoms with Gasteiger partial charge in [0.05, 0.1) is 23.2 Å². The predicted octanol–water partition coefficient (Wildman–Crippen LogP) is 1.38. The Labute approximate surface area is 150 Å². The third-order valence-corrected chi connectivity index (χ3v) is 4.75. The van der Waals surface area contributed by atoms with Gasteiger partial charge in [-0.05, 0) is 24.6 Å². The number of ether oxygens (including phenoxy) is 1. The van der Waals surface area contributed by atoms with Crippen LogP contribution in [0.1, 0.15) is 16.8 Å². The van der Waals surface area contributed by atoms with Crippen molar-refractivity contribution in [2.24, 2.45) is 0 Å². The third kappa shape index (κ3) is 3.11. The van der Waals surface area contributed by atoms with Gasteiger partial charge < -0.3 is 19.9 Å². The Morgan fingerprint density at radius 2 is 2.31 bits per heavy atom. The molecule has 8 heteroatoms. The first-order valence-corrected chi connectivity index (χ1v) is 8.52. The van der Waals surface area contributed by atoms with Crippen molar-refractivity contribution in [3.63, 3.8) is 0 Å². The molecule has 1 aliphatic heterocycles. The number of rotatable bonds is 5. The van der Waals surface area contributed by atoms with E-state index in [0.29, 0.717) is 17.6 Å². The number of hydrogen-bond acceptors (Lipinski definition) is 6. The second-order valence-electron chi connectivity index (χ2n) is 6.28. The number of aromatic amines is 1. The van der Waals surface area contributed by atoms with Gasteiger partial charge in [0.1, 0.15) is 17.7 Å². The summed E-state index contributed by atoms with van der Waals surface area (Å²) < 4.78 is 5.52. The van der Waals surface area contributed by atoms with Crippen LogP contribution in [0.25, 0.3) is 11.0 Å². The molecule has 4 heterocycles. The summed E-state index contributed by atoms with van der Waals surface area (Å²) >= 11 is 0. The van der Waals surface area contributed by atoms with Crippen LogP contribution in [0.15, 0.2) is 43.1 Å². The molecule has 134 valence electrons. The molecule has 1 saturated heterocycles. The number of pyridine rings is 1. The number of H-pyrrole nitrogens is 1. The summed E-state index contributed by atoms with van der Waals surface area (Å²) in [5, 5.41) is 3.02. The van der Waals surface area contributed by atoms with E-state index >= 15 is 0 Å². The highest BCUT2D eigenvalue weighted by molar-refractivity contribution is 6.05. The van der Waals surface area contributed by atoms with Gasteiger partial charge in [0, 0.05) is 38.8 Å². The normalized spacial score (nSPS) is 19.8. The Morgan fingerprint density at radius 3 is 3.12 bits per heavy atom. The van der Waals surface area contributed by atoms with Gasteiger partial charge in [-0.1, -0.05) is 0 Å². The van der Waals surface area contributed by atoms with Crippen LogP contribution in [0.3, 0.4) is 0 Å². The zero-order valence-electron chi connectivity index (χ0n) is 14.4. The largest absolute Gasteiger partial charge is 0.380 e. The smallest absolute Gasteiger partial charge is 0.255 e. The molecule has 4 rings (SSSR count). The van der Waals surface area contributed by atoms with E-state index in [1.54, 1.807) is 25.7 Å². The third-order valence-electron chi connectivity index (χ3n) is 4.75. The van der Waals surface area contributed by atoms with Gasteiger partial charge in [-0.2, -0.15) is 0 Å². The number of aromatic nitrogens is 4. The molecule has 1 fully saturated rings. The van der Waals surface area contributed by atoms with Gasteiger partial charge in [-0.25, -0.2) is 9.97 Å². The van der Waals surface area contributed by atoms with E-state index in [0.717, 1.165) is 24.3 Å². The molecule has 2 atom stereocenters. The van der Waals surface area contributed by atoms with Crippen LogP contribution in [0.4, 0.5) is 5.82 Å². The number of anilines is 1. The second kappa shape index (κ2) is 7.09. The lowest BCUT2D eigenvalue weighted by Gasteiger charge is -2.25. The number of amides is 1. The molecule has 0 bridgehead atoms. The molecule has 0 radical (unpaired) electrons. The Morgan fingerprint density at radius 1 is 1.38 bits per heavy atom. The van der Waals surface area contributed by atoms with E-state index < -0.39 is 0 Å². The maximum atomic E-state index is 12.6. The zero-order chi connectivity index (χ0) is 17.9. The van der Waals surface area contributed by atoms with E-state index in [4.69, 9.17) is 4.74 Å². The van der Waals surface area contributed by atoms with Gasteiger partial charge in [-0.3, -0.25) is 9.78 Å². The molecular formula is C18H20N6O2. The molecule has 3 aromatic rings. The Kier molecular flexibility index (Phi) is 4.49. The highest BCUT2D eigenvalue weighted by atomic mass is 16.5. The first-order valence-electron chi connectivity index (χ1n) is 8.52. The summed E-state index contributed by atoms with van der Waals surface area (Å²) in [7, 11) is 1.71. The number of nitrogens with one attached hydrogen (secondary N) is 2. The van der Waals surface area contributed by atoms with Crippen LogP contribution < -0.4 is 10.2 Å². The lowest BCUT2D eigenvalue weighted by Crippen LogP contribution is -2.40. The molecular weight excluding hydrogens is 332 g/mol. The van der Waals surface area contributed by atoms with E-state index in [1.807, 2.05) is 18.2 Å². The fourth-order valence-corrected chi connectivity index (χ4v) is 3.41. The van der Waals surface area contributed by atoms with Gasteiger partial charge in [0.15, 0.2) is 0 Å². The molecule has 0 saturated carbocycles. The summed E-state index contributed by atoms with van der Waals surface area (Å²) in [5.41, 5.74) is 2.08. The number of carbonyl (C=O) groups is 1. The molecule has 8 nitrogen and oxygen atoms in total. The minimum atomic E-state index is -0.140. The Bertz CT molecular complexity index is 897. The minimum Gasteiger partial charge on any atom is -0.380 e. The number of fused-ring (bicyclic) bond motifs is 1. The minimum absolute atomic E-state index is 0.108. The molecule has 1 amide bonds. The second-order valence-corrected chi connectivity index (χ2v) is 6.28. The molecule has 26 heavy (non-hydrogen) atoms. The van der Waals surface area contributed by atoms with E-state index in [9.17, 15) is 4.79 Å². The van der Waals surface area contributed by atoms with E-state index in [-0.39, 0.29) is 18.1 Å². The molecule has 1 aliphatic rings. The van der Waals surface area contributed by atoms with Gasteiger partial charge in [0.2, 0.25) is 0 Å². The summed E-state index contributed by atoms with van der Waals surface area (Å²) in [4.78, 5) is 30.4. The fourth-order valence-electron chi connectivity index (χ4n) is 3.41. The van der Waals surface area contributed by atoms with Crippen molar-refractivity contribution in [3.8, 4) is 0 Å². The summed E-state index contributed by atoms with van der Waals surface area (Å²) in [5.74, 6) is 0.700. The van der Waals surface area contributed by atoms with Crippen molar-refractivity contribution in [1.82, 2.24) is 25.3 Å². The van der Waals surface area contributed by atoms with Crippen molar-refractivity contribution >= 4 is 22.8 Å². The average molecular weight is 352 g/mol. The average Bonchev–Trinajstić information content (AvgIpc) is 3.31. The maximum absolute atomic E-state index is 12.6. The standard InChI is InChI=1S/C18H20N6O2/c1-26-13-7-12(24(10-13)16-4-6-19-11-23-16)8-22-18(25)14-9-21-15-3-2-5-20-17(14)15/h2-6,9,11-13,21H,7-8,10H2,1H3,(H,22,25)/t12-,13-/m1/s1. The van der Waals surface area contributed by atoms with Crippen molar-refractivity contribution < 1.29 is 9.53 Å². The van der Waals surface area contributed by atoms with Crippen molar-refractivity contribution in [2.75, 3.05) is 25.1 Å².